The van der Waals surface area contributed by atoms with Crippen molar-refractivity contribution in [1.82, 2.24) is 15.1 Å². The van der Waals surface area contributed by atoms with Crippen LogP contribution in [0.3, 0.4) is 0 Å². The van der Waals surface area contributed by atoms with Gasteiger partial charge in [-0.15, -0.1) is 0 Å². The lowest BCUT2D eigenvalue weighted by molar-refractivity contribution is -0.137. The summed E-state index contributed by atoms with van der Waals surface area (Å²) in [5.74, 6) is -0.428. The highest BCUT2D eigenvalue weighted by atomic mass is 19.4. The largest absolute Gasteiger partial charge is 0.492 e. The molecule has 1 N–H and O–H groups in total. The Morgan fingerprint density at radius 1 is 0.941 bits per heavy atom. The highest BCUT2D eigenvalue weighted by Gasteiger charge is 2.30. The van der Waals surface area contributed by atoms with Crippen molar-refractivity contribution in [3.05, 3.63) is 94.8 Å². The van der Waals surface area contributed by atoms with Crippen LogP contribution in [0.2, 0.25) is 0 Å². The van der Waals surface area contributed by atoms with Crippen LogP contribution in [0.5, 0.6) is 5.75 Å². The van der Waals surface area contributed by atoms with Crippen molar-refractivity contribution in [1.29, 1.82) is 0 Å². The first-order valence-corrected chi connectivity index (χ1v) is 10.4. The van der Waals surface area contributed by atoms with E-state index in [-0.39, 0.29) is 25.4 Å². The fourth-order valence-corrected chi connectivity index (χ4v) is 3.38. The third kappa shape index (κ3) is 5.61. The summed E-state index contributed by atoms with van der Waals surface area (Å²) in [6.07, 6.45) is -4.46. The van der Waals surface area contributed by atoms with Crippen LogP contribution in [0, 0.1) is 0 Å². The first-order valence-electron chi connectivity index (χ1n) is 10.4. The molecular formula is C25H20F3N3O3. The van der Waals surface area contributed by atoms with Gasteiger partial charge < -0.3 is 10.1 Å². The van der Waals surface area contributed by atoms with Gasteiger partial charge in [-0.25, -0.2) is 4.68 Å². The average Bonchev–Trinajstić information content (AvgIpc) is 2.82. The quantitative estimate of drug-likeness (QED) is 0.412. The molecule has 0 bridgehead atoms. The van der Waals surface area contributed by atoms with E-state index in [0.717, 1.165) is 33.2 Å². The average molecular weight is 467 g/mol. The molecule has 1 amide bonds. The van der Waals surface area contributed by atoms with Crippen LogP contribution in [0.25, 0.3) is 22.0 Å². The number of amides is 1. The van der Waals surface area contributed by atoms with Gasteiger partial charge in [0, 0.05) is 11.6 Å². The number of rotatable bonds is 7. The number of hydrogen-bond acceptors (Lipinski definition) is 4. The molecule has 0 saturated heterocycles. The molecule has 1 heterocycles. The maximum Gasteiger partial charge on any atom is 0.416 e. The fourth-order valence-electron chi connectivity index (χ4n) is 3.38. The Labute approximate surface area is 192 Å². The third-order valence-electron chi connectivity index (χ3n) is 5.06. The Kier molecular flexibility index (Phi) is 6.62. The normalized spacial score (nSPS) is 11.4. The number of halogens is 3. The van der Waals surface area contributed by atoms with Gasteiger partial charge in [0.15, 0.2) is 0 Å². The molecule has 0 atom stereocenters. The van der Waals surface area contributed by atoms with Gasteiger partial charge in [-0.2, -0.15) is 18.3 Å². The van der Waals surface area contributed by atoms with Gasteiger partial charge in [0.25, 0.3) is 5.56 Å². The molecule has 34 heavy (non-hydrogen) atoms. The maximum absolute atomic E-state index is 12.8. The number of aromatic nitrogens is 2. The van der Waals surface area contributed by atoms with Crippen LogP contribution < -0.4 is 15.6 Å². The molecule has 0 radical (unpaired) electrons. The van der Waals surface area contributed by atoms with Gasteiger partial charge in [-0.3, -0.25) is 9.59 Å². The Hall–Kier alpha value is -4.14. The second kappa shape index (κ2) is 9.78. The molecule has 9 heteroatoms. The highest BCUT2D eigenvalue weighted by molar-refractivity contribution is 5.86. The molecule has 0 fully saturated rings. The van der Waals surface area contributed by atoms with Crippen LogP contribution in [-0.4, -0.2) is 28.8 Å². The number of ether oxygens (including phenoxy) is 1. The van der Waals surface area contributed by atoms with Gasteiger partial charge in [0.2, 0.25) is 5.91 Å². The van der Waals surface area contributed by atoms with Crippen molar-refractivity contribution in [3.63, 3.8) is 0 Å². The van der Waals surface area contributed by atoms with Gasteiger partial charge in [-0.05, 0) is 41.1 Å². The summed E-state index contributed by atoms with van der Waals surface area (Å²) in [6, 6.07) is 21.1. The molecular weight excluding hydrogens is 447 g/mol. The Morgan fingerprint density at radius 3 is 2.53 bits per heavy atom. The van der Waals surface area contributed by atoms with Crippen molar-refractivity contribution in [3.8, 4) is 17.0 Å². The van der Waals surface area contributed by atoms with Crippen molar-refractivity contribution in [2.45, 2.75) is 12.7 Å². The van der Waals surface area contributed by atoms with Crippen molar-refractivity contribution in [2.24, 2.45) is 0 Å². The van der Waals surface area contributed by atoms with Crippen molar-refractivity contribution >= 4 is 16.7 Å². The molecule has 0 spiro atoms. The molecule has 4 aromatic rings. The third-order valence-corrected chi connectivity index (χ3v) is 5.06. The van der Waals surface area contributed by atoms with E-state index in [2.05, 4.69) is 10.4 Å². The van der Waals surface area contributed by atoms with Gasteiger partial charge in [0.1, 0.15) is 18.9 Å². The summed E-state index contributed by atoms with van der Waals surface area (Å²) in [5, 5.41) is 8.98. The predicted molar refractivity (Wildman–Crippen MR) is 121 cm³/mol. The maximum atomic E-state index is 12.8. The summed E-state index contributed by atoms with van der Waals surface area (Å²) in [4.78, 5) is 24.5. The van der Waals surface area contributed by atoms with Gasteiger partial charge >= 0.3 is 6.18 Å². The molecule has 0 aliphatic heterocycles. The smallest absolute Gasteiger partial charge is 0.416 e. The predicted octanol–water partition coefficient (Wildman–Crippen LogP) is 4.28. The second-order valence-electron chi connectivity index (χ2n) is 7.50. The van der Waals surface area contributed by atoms with Crippen LogP contribution >= 0.6 is 0 Å². The molecule has 6 nitrogen and oxygen atoms in total. The zero-order valence-electron chi connectivity index (χ0n) is 17.9. The molecule has 4 rings (SSSR count). The molecule has 0 unspecified atom stereocenters. The number of carbonyl (C=O) groups excluding carboxylic acids is 1. The zero-order valence-corrected chi connectivity index (χ0v) is 17.9. The minimum atomic E-state index is -4.46. The minimum absolute atomic E-state index is 0.0352. The molecule has 1 aromatic heterocycles. The van der Waals surface area contributed by atoms with E-state index in [9.17, 15) is 22.8 Å². The molecule has 174 valence electrons. The minimum Gasteiger partial charge on any atom is -0.492 e. The number of hydrogen-bond donors (Lipinski definition) is 1. The Bertz CT molecular complexity index is 1380. The summed E-state index contributed by atoms with van der Waals surface area (Å²) >= 11 is 0. The summed E-state index contributed by atoms with van der Waals surface area (Å²) in [7, 11) is 0. The Morgan fingerprint density at radius 2 is 1.74 bits per heavy atom. The van der Waals surface area contributed by atoms with E-state index in [1.807, 2.05) is 42.5 Å². The standard InChI is InChI=1S/C25H20F3N3O3/c26-25(27,28)20-6-3-7-21(15-20)34-13-12-29-23(32)16-31-24(33)11-10-22(30-31)19-9-8-17-4-1-2-5-18(17)14-19/h1-11,14-15H,12-13,16H2,(H,29,32). The van der Waals surface area contributed by atoms with E-state index in [1.165, 1.54) is 18.2 Å². The van der Waals surface area contributed by atoms with Crippen LogP contribution in [0.1, 0.15) is 5.56 Å². The highest BCUT2D eigenvalue weighted by Crippen LogP contribution is 2.31. The van der Waals surface area contributed by atoms with E-state index in [1.54, 1.807) is 6.07 Å². The molecule has 0 aliphatic carbocycles. The van der Waals surface area contributed by atoms with E-state index < -0.39 is 23.2 Å². The molecule has 3 aromatic carbocycles. The van der Waals surface area contributed by atoms with Crippen molar-refractivity contribution < 1.29 is 22.7 Å². The second-order valence-corrected chi connectivity index (χ2v) is 7.50. The van der Waals surface area contributed by atoms with Gasteiger partial charge in [0.05, 0.1) is 17.8 Å². The monoisotopic (exact) mass is 467 g/mol. The van der Waals surface area contributed by atoms with Gasteiger partial charge in [-0.1, -0.05) is 42.5 Å². The number of alkyl halides is 3. The number of nitrogens with one attached hydrogen (secondary N) is 1. The lowest BCUT2D eigenvalue weighted by Crippen LogP contribution is -2.35. The number of fused-ring (bicyclic) bond motifs is 1. The topological polar surface area (TPSA) is 73.2 Å². The Balaban J connectivity index is 1.35. The number of nitrogens with zero attached hydrogens (tertiary/aromatic N) is 2. The SMILES string of the molecule is O=C(Cn1nc(-c2ccc3ccccc3c2)ccc1=O)NCCOc1cccc(C(F)(F)F)c1. The van der Waals surface area contributed by atoms with Crippen LogP contribution in [0.4, 0.5) is 13.2 Å². The lowest BCUT2D eigenvalue weighted by atomic mass is 10.1. The summed E-state index contributed by atoms with van der Waals surface area (Å²) in [5.41, 5.74) is 0.110. The van der Waals surface area contributed by atoms with Crippen molar-refractivity contribution in [2.75, 3.05) is 13.2 Å². The number of benzene rings is 3. The van der Waals surface area contributed by atoms with E-state index in [4.69, 9.17) is 4.74 Å². The summed E-state index contributed by atoms with van der Waals surface area (Å²) in [6.45, 7) is -0.287. The van der Waals surface area contributed by atoms with Crippen LogP contribution in [0.15, 0.2) is 83.7 Å². The molecule has 0 aliphatic rings. The van der Waals surface area contributed by atoms with E-state index in [0.29, 0.717) is 5.69 Å². The lowest BCUT2D eigenvalue weighted by Gasteiger charge is -2.11. The first kappa shape index (κ1) is 23.0. The van der Waals surface area contributed by atoms with E-state index >= 15 is 0 Å². The zero-order chi connectivity index (χ0) is 24.1. The number of carbonyl (C=O) groups is 1. The first-order chi connectivity index (χ1) is 16.3. The molecule has 0 saturated carbocycles. The van der Waals surface area contributed by atoms with Crippen LogP contribution in [-0.2, 0) is 17.5 Å². The summed E-state index contributed by atoms with van der Waals surface area (Å²) < 4.78 is 44.6. The fraction of sp³-hybridized carbons (Fsp3) is 0.160.